The van der Waals surface area contributed by atoms with Crippen LogP contribution in [0.2, 0.25) is 0 Å². The van der Waals surface area contributed by atoms with Crippen molar-refractivity contribution in [1.29, 1.82) is 0 Å². The minimum atomic E-state index is -1.07. The fourth-order valence-corrected chi connectivity index (χ4v) is 2.24. The number of ether oxygens (including phenoxy) is 1. The number of nitrogens with zero attached hydrogens (tertiary/aromatic N) is 1. The number of nitrogens with one attached hydrogen (secondary N) is 1. The van der Waals surface area contributed by atoms with E-state index in [1.807, 2.05) is 6.92 Å². The maximum Gasteiger partial charge on any atom is 0.339 e. The molecule has 2 amide bonds. The van der Waals surface area contributed by atoms with Gasteiger partial charge in [-0.15, -0.1) is 0 Å². The molecule has 0 radical (unpaired) electrons. The van der Waals surface area contributed by atoms with Crippen molar-refractivity contribution in [3.05, 3.63) is 23.8 Å². The van der Waals surface area contributed by atoms with Gasteiger partial charge >= 0.3 is 12.0 Å². The number of benzene rings is 1. The normalized spacial score (nSPS) is 15.2. The molecule has 0 aromatic heterocycles. The van der Waals surface area contributed by atoms with E-state index < -0.39 is 5.97 Å². The minimum absolute atomic E-state index is 0.0650. The Labute approximate surface area is 123 Å². The zero-order valence-corrected chi connectivity index (χ0v) is 12.4. The van der Waals surface area contributed by atoms with Gasteiger partial charge in [0.2, 0.25) is 0 Å². The van der Waals surface area contributed by atoms with Gasteiger partial charge in [0.1, 0.15) is 11.3 Å². The predicted molar refractivity (Wildman–Crippen MR) is 78.9 cm³/mol. The lowest BCUT2D eigenvalue weighted by molar-refractivity contribution is 0.0693. The molecule has 21 heavy (non-hydrogen) atoms. The Bertz CT molecular complexity index is 555. The summed E-state index contributed by atoms with van der Waals surface area (Å²) < 4.78 is 5.04. The van der Waals surface area contributed by atoms with E-state index in [0.717, 1.165) is 0 Å². The Morgan fingerprint density at radius 3 is 2.62 bits per heavy atom. The first-order chi connectivity index (χ1) is 9.93. The Balaban J connectivity index is 2.08. The highest BCUT2D eigenvalue weighted by atomic mass is 16.5. The molecule has 0 bridgehead atoms. The van der Waals surface area contributed by atoms with Crippen LogP contribution in [0.4, 0.5) is 10.5 Å². The molecule has 6 heteroatoms. The number of carboxylic acid groups (broad SMARTS) is 1. The molecule has 6 nitrogen and oxygen atoms in total. The molecule has 2 rings (SSSR count). The molecule has 1 aliphatic rings. The second-order valence-corrected chi connectivity index (χ2v) is 5.34. The second-order valence-electron chi connectivity index (χ2n) is 5.34. The van der Waals surface area contributed by atoms with E-state index in [4.69, 9.17) is 9.84 Å². The summed E-state index contributed by atoms with van der Waals surface area (Å²) in [6.45, 7) is 2.03. The van der Waals surface area contributed by atoms with Gasteiger partial charge in [-0.3, -0.25) is 0 Å². The average Bonchev–Trinajstić information content (AvgIpc) is 3.29. The second kappa shape index (κ2) is 6.03. The number of aromatic carboxylic acids is 1. The molecule has 1 saturated carbocycles. The van der Waals surface area contributed by atoms with Gasteiger partial charge in [0.05, 0.1) is 7.11 Å². The summed E-state index contributed by atoms with van der Waals surface area (Å²) in [5, 5.41) is 11.8. The monoisotopic (exact) mass is 292 g/mol. The molecule has 1 atom stereocenters. The number of urea groups is 1. The van der Waals surface area contributed by atoms with E-state index in [0.29, 0.717) is 11.6 Å². The van der Waals surface area contributed by atoms with Crippen LogP contribution in [0.5, 0.6) is 5.75 Å². The number of hydrogen-bond donors (Lipinski definition) is 2. The van der Waals surface area contributed by atoms with Crippen molar-refractivity contribution in [2.75, 3.05) is 19.5 Å². The number of anilines is 1. The highest BCUT2D eigenvalue weighted by molar-refractivity contribution is 5.94. The number of rotatable bonds is 5. The molecule has 1 fully saturated rings. The molecule has 1 aliphatic carbocycles. The van der Waals surface area contributed by atoms with E-state index in [2.05, 4.69) is 5.32 Å². The van der Waals surface area contributed by atoms with Crippen molar-refractivity contribution in [2.45, 2.75) is 25.8 Å². The summed E-state index contributed by atoms with van der Waals surface area (Å²) in [5.41, 5.74) is 0.576. The fraction of sp³-hybridized carbons (Fsp3) is 0.467. The van der Waals surface area contributed by atoms with Gasteiger partial charge in [-0.05, 0) is 37.8 Å². The lowest BCUT2D eigenvalue weighted by Crippen LogP contribution is -2.39. The number of carbonyl (C=O) groups excluding carboxylic acids is 1. The van der Waals surface area contributed by atoms with Crippen LogP contribution in [-0.2, 0) is 0 Å². The van der Waals surface area contributed by atoms with Crippen LogP contribution in [0.25, 0.3) is 0 Å². The molecule has 1 unspecified atom stereocenters. The molecule has 114 valence electrons. The third-order valence-corrected chi connectivity index (χ3v) is 3.92. The Morgan fingerprint density at radius 1 is 1.43 bits per heavy atom. The Kier molecular flexibility index (Phi) is 4.35. The zero-order chi connectivity index (χ0) is 15.6. The minimum Gasteiger partial charge on any atom is -0.496 e. The summed E-state index contributed by atoms with van der Waals surface area (Å²) in [6.07, 6.45) is 2.33. The molecule has 1 aromatic carbocycles. The van der Waals surface area contributed by atoms with E-state index in [-0.39, 0.29) is 23.4 Å². The van der Waals surface area contributed by atoms with Gasteiger partial charge in [-0.25, -0.2) is 9.59 Å². The number of carboxylic acids is 1. The van der Waals surface area contributed by atoms with Crippen LogP contribution in [0.1, 0.15) is 30.1 Å². The smallest absolute Gasteiger partial charge is 0.339 e. The van der Waals surface area contributed by atoms with Gasteiger partial charge in [-0.2, -0.15) is 0 Å². The third-order valence-electron chi connectivity index (χ3n) is 3.92. The Hall–Kier alpha value is -2.24. The van der Waals surface area contributed by atoms with E-state index in [1.165, 1.54) is 32.1 Å². The summed E-state index contributed by atoms with van der Waals surface area (Å²) in [7, 11) is 3.16. The molecule has 0 spiro atoms. The highest BCUT2D eigenvalue weighted by Crippen LogP contribution is 2.34. The zero-order valence-electron chi connectivity index (χ0n) is 12.4. The first kappa shape index (κ1) is 15.2. The quantitative estimate of drug-likeness (QED) is 0.874. The lowest BCUT2D eigenvalue weighted by atomic mass is 10.2. The third kappa shape index (κ3) is 3.45. The van der Waals surface area contributed by atoms with Crippen LogP contribution in [0, 0.1) is 5.92 Å². The molecule has 0 heterocycles. The first-order valence-corrected chi connectivity index (χ1v) is 6.89. The van der Waals surface area contributed by atoms with Crippen LogP contribution in [0.3, 0.4) is 0 Å². The summed E-state index contributed by atoms with van der Waals surface area (Å²) >= 11 is 0. The van der Waals surface area contributed by atoms with E-state index in [9.17, 15) is 9.59 Å². The maximum atomic E-state index is 12.2. The van der Waals surface area contributed by atoms with Crippen LogP contribution in [0.15, 0.2) is 18.2 Å². The largest absolute Gasteiger partial charge is 0.496 e. The molecule has 0 aliphatic heterocycles. The number of amides is 2. The standard InChI is InChI=1S/C15H20N2O4/c1-9(10-4-5-10)17(2)15(20)16-11-6-7-12(14(18)19)13(8-11)21-3/h6-10H,4-5H2,1-3H3,(H,16,20)(H,18,19). The van der Waals surface area contributed by atoms with Crippen LogP contribution >= 0.6 is 0 Å². The van der Waals surface area contributed by atoms with Crippen molar-refractivity contribution in [3.8, 4) is 5.75 Å². The first-order valence-electron chi connectivity index (χ1n) is 6.89. The summed E-state index contributed by atoms with van der Waals surface area (Å²) in [4.78, 5) is 24.9. The van der Waals surface area contributed by atoms with E-state index in [1.54, 1.807) is 18.0 Å². The molecular formula is C15H20N2O4. The van der Waals surface area contributed by atoms with Crippen LogP contribution < -0.4 is 10.1 Å². The van der Waals surface area contributed by atoms with Crippen molar-refractivity contribution in [3.63, 3.8) is 0 Å². The van der Waals surface area contributed by atoms with Crippen LogP contribution in [-0.4, -0.2) is 42.2 Å². The lowest BCUT2D eigenvalue weighted by Gasteiger charge is -2.25. The Morgan fingerprint density at radius 2 is 2.10 bits per heavy atom. The van der Waals surface area contributed by atoms with E-state index >= 15 is 0 Å². The van der Waals surface area contributed by atoms with Crippen molar-refractivity contribution in [1.82, 2.24) is 4.90 Å². The van der Waals surface area contributed by atoms with Gasteiger partial charge in [0, 0.05) is 24.8 Å². The van der Waals surface area contributed by atoms with Gasteiger partial charge in [0.25, 0.3) is 0 Å². The van der Waals surface area contributed by atoms with Crippen molar-refractivity contribution >= 4 is 17.7 Å². The van der Waals surface area contributed by atoms with Gasteiger partial charge < -0.3 is 20.1 Å². The highest BCUT2D eigenvalue weighted by Gasteiger charge is 2.32. The number of hydrogen-bond acceptors (Lipinski definition) is 3. The van der Waals surface area contributed by atoms with Crippen molar-refractivity contribution < 1.29 is 19.4 Å². The predicted octanol–water partition coefficient (Wildman–Crippen LogP) is 2.66. The average molecular weight is 292 g/mol. The number of methoxy groups -OCH3 is 1. The van der Waals surface area contributed by atoms with Gasteiger partial charge in [0.15, 0.2) is 0 Å². The molecule has 1 aromatic rings. The van der Waals surface area contributed by atoms with Crippen molar-refractivity contribution in [2.24, 2.45) is 5.92 Å². The molecule has 2 N–H and O–H groups in total. The van der Waals surface area contributed by atoms with Gasteiger partial charge in [-0.1, -0.05) is 0 Å². The molecule has 0 saturated heterocycles. The summed E-state index contributed by atoms with van der Waals surface area (Å²) in [5.74, 6) is -0.257. The summed E-state index contributed by atoms with van der Waals surface area (Å²) in [6, 6.07) is 4.47. The molecular weight excluding hydrogens is 272 g/mol. The fourth-order valence-electron chi connectivity index (χ4n) is 2.24. The topological polar surface area (TPSA) is 78.9 Å². The SMILES string of the molecule is COc1cc(NC(=O)N(C)C(C)C2CC2)ccc1C(=O)O. The number of carbonyl (C=O) groups is 2. The maximum absolute atomic E-state index is 12.2.